The highest BCUT2D eigenvalue weighted by atomic mass is 16.3. The van der Waals surface area contributed by atoms with E-state index in [2.05, 4.69) is 28.5 Å². The van der Waals surface area contributed by atoms with Crippen molar-refractivity contribution >= 4 is 10.8 Å². The van der Waals surface area contributed by atoms with E-state index in [0.29, 0.717) is 0 Å². The number of aliphatic hydroxyl groups excluding tert-OH is 1. The molecule has 0 bridgehead atoms. The van der Waals surface area contributed by atoms with Crippen LogP contribution < -0.4 is 5.32 Å². The monoisotopic (exact) mass is 256 g/mol. The molecule has 1 heterocycles. The van der Waals surface area contributed by atoms with Crippen molar-refractivity contribution in [2.45, 2.75) is 44.4 Å². The van der Waals surface area contributed by atoms with E-state index in [4.69, 9.17) is 0 Å². The topological polar surface area (TPSA) is 45.1 Å². The van der Waals surface area contributed by atoms with Gasteiger partial charge in [-0.1, -0.05) is 37.1 Å². The summed E-state index contributed by atoms with van der Waals surface area (Å²) in [5, 5.41) is 15.9. The van der Waals surface area contributed by atoms with Crippen molar-refractivity contribution in [3.05, 3.63) is 42.2 Å². The fourth-order valence-electron chi connectivity index (χ4n) is 2.91. The van der Waals surface area contributed by atoms with Crippen LogP contribution in [0.4, 0.5) is 0 Å². The molecule has 0 aliphatic heterocycles. The molecule has 19 heavy (non-hydrogen) atoms. The number of nitrogens with zero attached hydrogens (tertiary/aromatic N) is 1. The molecule has 2 atom stereocenters. The average Bonchev–Trinajstić information content (AvgIpc) is 2.46. The van der Waals surface area contributed by atoms with E-state index in [9.17, 15) is 5.11 Å². The summed E-state index contributed by atoms with van der Waals surface area (Å²) in [6.45, 7) is 0.774. The summed E-state index contributed by atoms with van der Waals surface area (Å²) in [7, 11) is 0. The number of aliphatic hydroxyl groups is 1. The molecule has 0 radical (unpaired) electrons. The average molecular weight is 256 g/mol. The number of fused-ring (bicyclic) bond motifs is 1. The normalized spacial score (nSPS) is 23.6. The molecular formula is C16H20N2O. The van der Waals surface area contributed by atoms with Gasteiger partial charge in [-0.3, -0.25) is 4.98 Å². The van der Waals surface area contributed by atoms with E-state index >= 15 is 0 Å². The second-order valence-corrected chi connectivity index (χ2v) is 5.36. The lowest BCUT2D eigenvalue weighted by Crippen LogP contribution is -2.41. The molecule has 3 heteroatoms. The maximum absolute atomic E-state index is 9.98. The smallest absolute Gasteiger partial charge is 0.0693 e. The van der Waals surface area contributed by atoms with E-state index in [0.717, 1.165) is 25.8 Å². The van der Waals surface area contributed by atoms with Crippen LogP contribution in [0.3, 0.4) is 0 Å². The number of hydrogen-bond donors (Lipinski definition) is 2. The van der Waals surface area contributed by atoms with Crippen molar-refractivity contribution in [1.82, 2.24) is 10.3 Å². The number of nitrogens with one attached hydrogen (secondary N) is 1. The van der Waals surface area contributed by atoms with E-state index in [1.54, 1.807) is 0 Å². The highest BCUT2D eigenvalue weighted by Gasteiger charge is 2.22. The standard InChI is InChI=1S/C16H20N2O/c19-16-8-4-3-7-15(16)18-11-13-10-17-9-12-5-1-2-6-14(12)13/h1-2,5-6,9-10,15-16,18-19H,3-4,7-8,11H2. The summed E-state index contributed by atoms with van der Waals surface area (Å²) < 4.78 is 0. The number of hydrogen-bond acceptors (Lipinski definition) is 3. The molecule has 0 spiro atoms. The van der Waals surface area contributed by atoms with Crippen molar-refractivity contribution in [2.75, 3.05) is 0 Å². The highest BCUT2D eigenvalue weighted by molar-refractivity contribution is 5.84. The molecular weight excluding hydrogens is 236 g/mol. The van der Waals surface area contributed by atoms with Crippen LogP contribution in [-0.4, -0.2) is 22.2 Å². The van der Waals surface area contributed by atoms with Gasteiger partial charge in [0.25, 0.3) is 0 Å². The molecule has 1 aliphatic carbocycles. The van der Waals surface area contributed by atoms with Crippen LogP contribution in [0.15, 0.2) is 36.7 Å². The molecule has 3 nitrogen and oxygen atoms in total. The lowest BCUT2D eigenvalue weighted by molar-refractivity contribution is 0.0903. The van der Waals surface area contributed by atoms with Gasteiger partial charge in [-0.15, -0.1) is 0 Å². The third kappa shape index (κ3) is 2.77. The van der Waals surface area contributed by atoms with Gasteiger partial charge in [0.1, 0.15) is 0 Å². The maximum Gasteiger partial charge on any atom is 0.0693 e. The van der Waals surface area contributed by atoms with Gasteiger partial charge in [0.15, 0.2) is 0 Å². The van der Waals surface area contributed by atoms with Crippen molar-refractivity contribution in [1.29, 1.82) is 0 Å². The molecule has 1 aliphatic rings. The predicted octanol–water partition coefficient (Wildman–Crippen LogP) is 2.63. The summed E-state index contributed by atoms with van der Waals surface area (Å²) in [6, 6.07) is 8.53. The third-order valence-corrected chi connectivity index (χ3v) is 4.03. The molecule has 1 fully saturated rings. The Balaban J connectivity index is 1.74. The van der Waals surface area contributed by atoms with Crippen molar-refractivity contribution in [3.63, 3.8) is 0 Å². The predicted molar refractivity (Wildman–Crippen MR) is 76.8 cm³/mol. The van der Waals surface area contributed by atoms with Gasteiger partial charge in [0, 0.05) is 30.4 Å². The first-order valence-corrected chi connectivity index (χ1v) is 7.07. The van der Waals surface area contributed by atoms with Gasteiger partial charge >= 0.3 is 0 Å². The van der Waals surface area contributed by atoms with Gasteiger partial charge in [-0.05, 0) is 23.8 Å². The fraction of sp³-hybridized carbons (Fsp3) is 0.438. The molecule has 1 aromatic carbocycles. The first kappa shape index (κ1) is 12.6. The zero-order chi connectivity index (χ0) is 13.1. The van der Waals surface area contributed by atoms with E-state index in [1.165, 1.54) is 22.8 Å². The number of benzene rings is 1. The Morgan fingerprint density at radius 1 is 1.16 bits per heavy atom. The minimum Gasteiger partial charge on any atom is -0.392 e. The van der Waals surface area contributed by atoms with Crippen LogP contribution in [0.5, 0.6) is 0 Å². The minimum atomic E-state index is -0.198. The maximum atomic E-state index is 9.98. The molecule has 2 unspecified atom stereocenters. The quantitative estimate of drug-likeness (QED) is 0.887. The van der Waals surface area contributed by atoms with Gasteiger partial charge in [-0.2, -0.15) is 0 Å². The van der Waals surface area contributed by atoms with Crippen LogP contribution in [0.1, 0.15) is 31.2 Å². The molecule has 2 aromatic rings. The molecule has 1 aromatic heterocycles. The van der Waals surface area contributed by atoms with Crippen LogP contribution in [0.2, 0.25) is 0 Å². The summed E-state index contributed by atoms with van der Waals surface area (Å²) >= 11 is 0. The van der Waals surface area contributed by atoms with Gasteiger partial charge < -0.3 is 10.4 Å². The lowest BCUT2D eigenvalue weighted by atomic mass is 9.92. The SMILES string of the molecule is OC1CCCCC1NCc1cncc2ccccc12. The summed E-state index contributed by atoms with van der Waals surface area (Å²) in [5.41, 5.74) is 1.20. The molecule has 0 saturated heterocycles. The van der Waals surface area contributed by atoms with E-state index in [1.807, 2.05) is 18.5 Å². The number of aromatic nitrogens is 1. The van der Waals surface area contributed by atoms with Crippen LogP contribution in [0, 0.1) is 0 Å². The number of rotatable bonds is 3. The van der Waals surface area contributed by atoms with Crippen molar-refractivity contribution < 1.29 is 5.11 Å². The molecule has 2 N–H and O–H groups in total. The zero-order valence-electron chi connectivity index (χ0n) is 11.0. The van der Waals surface area contributed by atoms with Crippen LogP contribution in [0.25, 0.3) is 10.8 Å². The van der Waals surface area contributed by atoms with Crippen molar-refractivity contribution in [3.8, 4) is 0 Å². The summed E-state index contributed by atoms with van der Waals surface area (Å²) in [5.74, 6) is 0. The number of pyridine rings is 1. The molecule has 0 amide bonds. The summed E-state index contributed by atoms with van der Waals surface area (Å²) in [4.78, 5) is 4.29. The fourth-order valence-corrected chi connectivity index (χ4v) is 2.91. The Labute approximate surface area is 113 Å². The van der Waals surface area contributed by atoms with Crippen LogP contribution >= 0.6 is 0 Å². The zero-order valence-corrected chi connectivity index (χ0v) is 11.0. The Hall–Kier alpha value is -1.45. The van der Waals surface area contributed by atoms with E-state index in [-0.39, 0.29) is 12.1 Å². The Morgan fingerprint density at radius 2 is 2.00 bits per heavy atom. The van der Waals surface area contributed by atoms with E-state index < -0.39 is 0 Å². The Morgan fingerprint density at radius 3 is 2.89 bits per heavy atom. The lowest BCUT2D eigenvalue weighted by Gasteiger charge is -2.28. The van der Waals surface area contributed by atoms with Gasteiger partial charge in [0.2, 0.25) is 0 Å². The molecule has 1 saturated carbocycles. The third-order valence-electron chi connectivity index (χ3n) is 4.03. The Bertz CT molecular complexity index is 550. The molecule has 100 valence electrons. The molecule has 3 rings (SSSR count). The second kappa shape index (κ2) is 5.68. The van der Waals surface area contributed by atoms with Crippen LogP contribution in [-0.2, 0) is 6.54 Å². The van der Waals surface area contributed by atoms with Gasteiger partial charge in [0.05, 0.1) is 6.10 Å². The first-order valence-electron chi connectivity index (χ1n) is 7.07. The Kier molecular flexibility index (Phi) is 3.76. The van der Waals surface area contributed by atoms with Crippen molar-refractivity contribution in [2.24, 2.45) is 0 Å². The summed E-state index contributed by atoms with van der Waals surface area (Å²) in [6.07, 6.45) is 7.97. The minimum absolute atomic E-state index is 0.198. The first-order chi connectivity index (χ1) is 9.34. The highest BCUT2D eigenvalue weighted by Crippen LogP contribution is 2.20. The van der Waals surface area contributed by atoms with Gasteiger partial charge in [-0.25, -0.2) is 0 Å². The second-order valence-electron chi connectivity index (χ2n) is 5.36. The largest absolute Gasteiger partial charge is 0.392 e.